The van der Waals surface area contributed by atoms with Crippen molar-refractivity contribution in [1.29, 1.82) is 0 Å². The van der Waals surface area contributed by atoms with Crippen LogP contribution in [0.1, 0.15) is 32.1 Å². The van der Waals surface area contributed by atoms with Gasteiger partial charge in [0.2, 0.25) is 11.8 Å². The molecule has 1 N–H and O–H groups in total. The van der Waals surface area contributed by atoms with E-state index in [1.165, 1.54) is 23.5 Å². The van der Waals surface area contributed by atoms with Crippen molar-refractivity contribution in [3.63, 3.8) is 0 Å². The highest BCUT2D eigenvalue weighted by molar-refractivity contribution is 7.20. The maximum atomic E-state index is 15.0. The number of ether oxygens (including phenoxy) is 1. The van der Waals surface area contributed by atoms with E-state index < -0.39 is 11.7 Å². The summed E-state index contributed by atoms with van der Waals surface area (Å²) >= 11 is 1.40. The van der Waals surface area contributed by atoms with Crippen molar-refractivity contribution in [3.05, 3.63) is 84.1 Å². The molecule has 2 heterocycles. The number of carbonyl (C=O) groups excluding carboxylic acids is 2. The standard InChI is InChI=1S/C31H32FN5O3S/c1-6-36(5)19-34-21(4)28-17-25-31(41-28)27(14-15-33-25)40-26-13-12-22(16-24(26)32)35-29(38)18-30(39)37(20(2)3)23-10-8-7-9-11-23/h7-17,19-20H,4,6,18H2,1-3,5H3,(H,35,38)/b34-19-. The van der Waals surface area contributed by atoms with E-state index in [0.29, 0.717) is 22.7 Å². The van der Waals surface area contributed by atoms with E-state index in [0.717, 1.165) is 22.2 Å². The number of nitrogens with zero attached hydrogens (tertiary/aromatic N) is 4. The van der Waals surface area contributed by atoms with Gasteiger partial charge >= 0.3 is 0 Å². The van der Waals surface area contributed by atoms with E-state index in [1.54, 1.807) is 23.5 Å². The minimum atomic E-state index is -0.666. The van der Waals surface area contributed by atoms with Gasteiger partial charge in [0.1, 0.15) is 12.2 Å². The molecule has 4 rings (SSSR count). The Morgan fingerprint density at radius 1 is 1.15 bits per heavy atom. The molecular formula is C31H32FN5O3S. The molecule has 0 unspecified atom stereocenters. The van der Waals surface area contributed by atoms with Crippen LogP contribution >= 0.6 is 11.3 Å². The number of halogens is 1. The van der Waals surface area contributed by atoms with E-state index in [2.05, 4.69) is 21.9 Å². The van der Waals surface area contributed by atoms with Crippen LogP contribution in [0.15, 0.2) is 78.4 Å². The summed E-state index contributed by atoms with van der Waals surface area (Å²) in [6, 6.07) is 16.7. The maximum absolute atomic E-state index is 15.0. The number of carbonyl (C=O) groups is 2. The third-order valence-corrected chi connectivity index (χ3v) is 7.32. The Morgan fingerprint density at radius 2 is 1.90 bits per heavy atom. The number of aromatic nitrogens is 1. The van der Waals surface area contributed by atoms with Gasteiger partial charge in [-0.25, -0.2) is 9.38 Å². The van der Waals surface area contributed by atoms with Gasteiger partial charge < -0.3 is 19.9 Å². The number of amides is 2. The van der Waals surface area contributed by atoms with Crippen molar-refractivity contribution < 1.29 is 18.7 Å². The van der Waals surface area contributed by atoms with Crippen LogP contribution < -0.4 is 15.0 Å². The molecule has 0 aliphatic rings. The number of thiophene rings is 1. The zero-order chi connectivity index (χ0) is 29.5. The third kappa shape index (κ3) is 7.34. The van der Waals surface area contributed by atoms with E-state index in [9.17, 15) is 9.59 Å². The van der Waals surface area contributed by atoms with Gasteiger partial charge in [-0.3, -0.25) is 14.6 Å². The SMILES string of the molecule is C=C(/N=C\N(C)CC)c1cc2nccc(Oc3ccc(NC(=O)CC(=O)N(c4ccccc4)C(C)C)cc3F)c2s1. The molecular weight excluding hydrogens is 541 g/mol. The smallest absolute Gasteiger partial charge is 0.236 e. The van der Waals surface area contributed by atoms with Gasteiger partial charge in [-0.05, 0) is 51.1 Å². The van der Waals surface area contributed by atoms with Crippen LogP contribution in [0.5, 0.6) is 11.5 Å². The first-order valence-corrected chi connectivity index (χ1v) is 13.9. The number of fused-ring (bicyclic) bond motifs is 1. The number of anilines is 2. The van der Waals surface area contributed by atoms with Crippen molar-refractivity contribution in [2.45, 2.75) is 33.2 Å². The summed E-state index contributed by atoms with van der Waals surface area (Å²) in [5.41, 5.74) is 2.19. The van der Waals surface area contributed by atoms with Crippen LogP contribution in [0.25, 0.3) is 15.9 Å². The summed E-state index contributed by atoms with van der Waals surface area (Å²) < 4.78 is 21.7. The van der Waals surface area contributed by atoms with Crippen LogP contribution in [0.3, 0.4) is 0 Å². The number of nitrogens with one attached hydrogen (secondary N) is 1. The molecule has 0 atom stereocenters. The first-order valence-electron chi connectivity index (χ1n) is 13.1. The first-order chi connectivity index (χ1) is 19.7. The molecule has 0 bridgehead atoms. The predicted octanol–water partition coefficient (Wildman–Crippen LogP) is 6.95. The second-order valence-corrected chi connectivity index (χ2v) is 10.6. The second-order valence-electron chi connectivity index (χ2n) is 9.56. The summed E-state index contributed by atoms with van der Waals surface area (Å²) in [5, 5.41) is 2.60. The highest BCUT2D eigenvalue weighted by Gasteiger charge is 2.22. The lowest BCUT2D eigenvalue weighted by atomic mass is 10.2. The molecule has 212 valence electrons. The van der Waals surface area contributed by atoms with Gasteiger partial charge in [0, 0.05) is 49.3 Å². The van der Waals surface area contributed by atoms with Gasteiger partial charge in [0.05, 0.1) is 27.1 Å². The molecule has 0 radical (unpaired) electrons. The van der Waals surface area contributed by atoms with E-state index in [4.69, 9.17) is 4.74 Å². The summed E-state index contributed by atoms with van der Waals surface area (Å²) in [5.74, 6) is -1.14. The van der Waals surface area contributed by atoms with Gasteiger partial charge in [0.25, 0.3) is 0 Å². The minimum absolute atomic E-state index is 0.0157. The predicted molar refractivity (Wildman–Crippen MR) is 164 cm³/mol. The molecule has 0 aliphatic carbocycles. The van der Waals surface area contributed by atoms with Crippen LogP contribution in [-0.2, 0) is 9.59 Å². The number of pyridine rings is 1. The summed E-state index contributed by atoms with van der Waals surface area (Å²) in [4.78, 5) is 38.6. The molecule has 4 aromatic rings. The van der Waals surface area contributed by atoms with Crippen molar-refractivity contribution >= 4 is 56.8 Å². The molecule has 2 aromatic carbocycles. The lowest BCUT2D eigenvalue weighted by Gasteiger charge is -2.26. The van der Waals surface area contributed by atoms with Crippen molar-refractivity contribution in [2.24, 2.45) is 4.99 Å². The molecule has 0 aliphatic heterocycles. The average molecular weight is 574 g/mol. The molecule has 10 heteroatoms. The van der Waals surface area contributed by atoms with Gasteiger partial charge in [0.15, 0.2) is 11.6 Å². The van der Waals surface area contributed by atoms with Gasteiger partial charge in [-0.1, -0.05) is 24.8 Å². The van der Waals surface area contributed by atoms with Crippen molar-refractivity contribution in [3.8, 4) is 11.5 Å². The Balaban J connectivity index is 1.44. The number of benzene rings is 2. The molecule has 2 aromatic heterocycles. The fourth-order valence-corrected chi connectivity index (χ4v) is 4.96. The third-order valence-electron chi connectivity index (χ3n) is 6.14. The highest BCUT2D eigenvalue weighted by atomic mass is 32.1. The monoisotopic (exact) mass is 573 g/mol. The Labute approximate surface area is 242 Å². The summed E-state index contributed by atoms with van der Waals surface area (Å²) in [7, 11) is 1.92. The van der Waals surface area contributed by atoms with Crippen molar-refractivity contribution in [1.82, 2.24) is 9.88 Å². The Bertz CT molecular complexity index is 1590. The zero-order valence-corrected chi connectivity index (χ0v) is 24.2. The molecule has 41 heavy (non-hydrogen) atoms. The summed E-state index contributed by atoms with van der Waals surface area (Å²) in [6.07, 6.45) is 2.92. The normalized spacial score (nSPS) is 11.2. The molecule has 2 amide bonds. The van der Waals surface area contributed by atoms with Crippen molar-refractivity contribution in [2.75, 3.05) is 23.8 Å². The van der Waals surface area contributed by atoms with Crippen LogP contribution in [-0.4, -0.2) is 47.7 Å². The Morgan fingerprint density at radius 3 is 2.59 bits per heavy atom. The lowest BCUT2D eigenvalue weighted by molar-refractivity contribution is -0.125. The van der Waals surface area contributed by atoms with Crippen LogP contribution in [0.2, 0.25) is 0 Å². The van der Waals surface area contributed by atoms with Gasteiger partial charge in [-0.2, -0.15) is 0 Å². The molecule has 0 saturated heterocycles. The quantitative estimate of drug-likeness (QED) is 0.119. The number of aliphatic imine (C=N–C) groups is 1. The fraction of sp³-hybridized carbons (Fsp3) is 0.226. The first kappa shape index (κ1) is 29.4. The van der Waals surface area contributed by atoms with E-state index in [1.807, 2.05) is 69.1 Å². The highest BCUT2D eigenvalue weighted by Crippen LogP contribution is 2.38. The topological polar surface area (TPSA) is 87.1 Å². The van der Waals surface area contributed by atoms with E-state index in [-0.39, 0.29) is 29.8 Å². The Hall–Kier alpha value is -4.57. The average Bonchev–Trinajstić information content (AvgIpc) is 3.39. The van der Waals surface area contributed by atoms with E-state index >= 15 is 4.39 Å². The minimum Gasteiger partial charge on any atom is -0.453 e. The summed E-state index contributed by atoms with van der Waals surface area (Å²) in [6.45, 7) is 10.6. The van der Waals surface area contributed by atoms with Crippen LogP contribution in [0, 0.1) is 5.82 Å². The number of hydrogen-bond acceptors (Lipinski definition) is 6. The maximum Gasteiger partial charge on any atom is 0.236 e. The molecule has 0 saturated carbocycles. The van der Waals surface area contributed by atoms with Crippen LogP contribution in [0.4, 0.5) is 15.8 Å². The fourth-order valence-electron chi connectivity index (χ4n) is 3.98. The largest absolute Gasteiger partial charge is 0.453 e. The second kappa shape index (κ2) is 13.2. The lowest BCUT2D eigenvalue weighted by Crippen LogP contribution is -2.38. The zero-order valence-electron chi connectivity index (χ0n) is 23.4. The number of rotatable bonds is 11. The molecule has 8 nitrogen and oxygen atoms in total. The molecule has 0 fully saturated rings. The Kier molecular flexibility index (Phi) is 9.46. The number of hydrogen-bond donors (Lipinski definition) is 1. The number of para-hydroxylation sites is 1. The molecule has 0 spiro atoms. The van der Waals surface area contributed by atoms with Gasteiger partial charge in [-0.15, -0.1) is 11.3 Å².